The number of phenols is 1. The number of hydrogen-bond acceptors (Lipinski definition) is 2. The lowest BCUT2D eigenvalue weighted by molar-refractivity contribution is 0.113. The molecular weight excluding hydrogens is 277 g/mol. The smallest absolute Gasteiger partial charge is 0.135 e. The van der Waals surface area contributed by atoms with E-state index in [0.29, 0.717) is 18.2 Å². The first-order valence-electron chi connectivity index (χ1n) is 7.97. The van der Waals surface area contributed by atoms with Crippen molar-refractivity contribution < 1.29 is 9.50 Å². The molecule has 0 amide bonds. The van der Waals surface area contributed by atoms with E-state index in [9.17, 15) is 9.50 Å². The second-order valence-electron chi connectivity index (χ2n) is 6.61. The molecule has 3 heteroatoms. The van der Waals surface area contributed by atoms with Gasteiger partial charge < -0.3 is 5.11 Å². The maximum atomic E-state index is 14.5. The normalized spacial score (nSPS) is 18.3. The van der Waals surface area contributed by atoms with Crippen LogP contribution in [0.15, 0.2) is 30.3 Å². The number of nitrogens with zero attached hydrogens (tertiary/aromatic N) is 1. The molecule has 0 radical (unpaired) electrons. The molecule has 4 rings (SSSR count). The zero-order valence-corrected chi connectivity index (χ0v) is 12.8. The average Bonchev–Trinajstić information content (AvgIpc) is 2.52. The Hall–Kier alpha value is -1.87. The first-order valence-corrected chi connectivity index (χ1v) is 7.97. The third-order valence-electron chi connectivity index (χ3n) is 5.02. The number of halogens is 1. The summed E-state index contributed by atoms with van der Waals surface area (Å²) in [4.78, 5) is 2.44. The molecule has 1 fully saturated rings. The summed E-state index contributed by atoms with van der Waals surface area (Å²) in [5.41, 5.74) is 4.92. The van der Waals surface area contributed by atoms with Gasteiger partial charge in [-0.25, -0.2) is 4.39 Å². The molecule has 1 heterocycles. The molecule has 0 aromatic heterocycles. The van der Waals surface area contributed by atoms with Crippen molar-refractivity contribution in [1.82, 2.24) is 4.90 Å². The standard InChI is InChI=1S/C19H20FNO/c1-12-5-6-17-13(7-12)10-21(15-3-2-4-15)11-14-8-16(22)9-18(20)19(14)17/h5-9,15,22H,2-4,10-11H2,1H3. The predicted molar refractivity (Wildman–Crippen MR) is 85.1 cm³/mol. The summed E-state index contributed by atoms with van der Waals surface area (Å²) in [6, 6.07) is 9.76. The summed E-state index contributed by atoms with van der Waals surface area (Å²) in [6.07, 6.45) is 3.72. The highest BCUT2D eigenvalue weighted by Crippen LogP contribution is 2.39. The van der Waals surface area contributed by atoms with Crippen LogP contribution in [-0.2, 0) is 13.1 Å². The lowest BCUT2D eigenvalue weighted by atomic mass is 9.91. The van der Waals surface area contributed by atoms with Crippen LogP contribution in [-0.4, -0.2) is 16.0 Å². The van der Waals surface area contributed by atoms with Gasteiger partial charge in [-0.3, -0.25) is 4.90 Å². The van der Waals surface area contributed by atoms with Crippen LogP contribution in [0.5, 0.6) is 5.75 Å². The molecule has 2 aliphatic rings. The van der Waals surface area contributed by atoms with Crippen molar-refractivity contribution in [3.8, 4) is 16.9 Å². The summed E-state index contributed by atoms with van der Waals surface area (Å²) >= 11 is 0. The van der Waals surface area contributed by atoms with E-state index in [1.54, 1.807) is 6.07 Å². The summed E-state index contributed by atoms with van der Waals surface area (Å²) in [5.74, 6) is -0.309. The highest BCUT2D eigenvalue weighted by Gasteiger charge is 2.30. The largest absolute Gasteiger partial charge is 0.508 e. The molecule has 2 aromatic carbocycles. The Morgan fingerprint density at radius 1 is 1.09 bits per heavy atom. The quantitative estimate of drug-likeness (QED) is 0.844. The molecule has 2 aromatic rings. The predicted octanol–water partition coefficient (Wildman–Crippen LogP) is 4.37. The van der Waals surface area contributed by atoms with Gasteiger partial charge in [0.15, 0.2) is 0 Å². The van der Waals surface area contributed by atoms with E-state index in [2.05, 4.69) is 17.9 Å². The molecule has 0 bridgehead atoms. The minimum atomic E-state index is -0.324. The summed E-state index contributed by atoms with van der Waals surface area (Å²) in [6.45, 7) is 3.64. The Morgan fingerprint density at radius 3 is 2.59 bits per heavy atom. The van der Waals surface area contributed by atoms with Crippen molar-refractivity contribution >= 4 is 0 Å². The fourth-order valence-electron chi connectivity index (χ4n) is 3.67. The Balaban J connectivity index is 1.91. The number of hydrogen-bond donors (Lipinski definition) is 1. The molecule has 2 nitrogen and oxygen atoms in total. The van der Waals surface area contributed by atoms with Crippen molar-refractivity contribution in [3.63, 3.8) is 0 Å². The van der Waals surface area contributed by atoms with Crippen molar-refractivity contribution in [2.24, 2.45) is 0 Å². The third kappa shape index (κ3) is 2.20. The molecule has 1 N–H and O–H groups in total. The topological polar surface area (TPSA) is 23.5 Å². The highest BCUT2D eigenvalue weighted by molar-refractivity contribution is 5.73. The number of benzene rings is 2. The zero-order valence-electron chi connectivity index (χ0n) is 12.8. The fourth-order valence-corrected chi connectivity index (χ4v) is 3.67. The van der Waals surface area contributed by atoms with Gasteiger partial charge in [0.1, 0.15) is 11.6 Å². The Bertz CT molecular complexity index is 736. The zero-order chi connectivity index (χ0) is 15.3. The number of phenolic OH excluding ortho intramolecular Hbond substituents is 1. The van der Waals surface area contributed by atoms with Crippen LogP contribution in [0.4, 0.5) is 4.39 Å². The number of aryl methyl sites for hydroxylation is 1. The van der Waals surface area contributed by atoms with E-state index in [0.717, 1.165) is 17.7 Å². The number of aromatic hydroxyl groups is 1. The van der Waals surface area contributed by atoms with Gasteiger partial charge in [-0.05, 0) is 42.5 Å². The van der Waals surface area contributed by atoms with Gasteiger partial charge in [0.25, 0.3) is 0 Å². The molecule has 22 heavy (non-hydrogen) atoms. The molecule has 0 spiro atoms. The molecule has 114 valence electrons. The molecule has 0 atom stereocenters. The molecule has 1 aliphatic heterocycles. The average molecular weight is 297 g/mol. The summed E-state index contributed by atoms with van der Waals surface area (Å²) < 4.78 is 14.5. The van der Waals surface area contributed by atoms with E-state index in [4.69, 9.17) is 0 Å². The second-order valence-corrected chi connectivity index (χ2v) is 6.61. The van der Waals surface area contributed by atoms with E-state index in [1.165, 1.54) is 36.5 Å². The van der Waals surface area contributed by atoms with Gasteiger partial charge >= 0.3 is 0 Å². The monoisotopic (exact) mass is 297 g/mol. The van der Waals surface area contributed by atoms with Crippen LogP contribution in [0.1, 0.15) is 36.0 Å². The van der Waals surface area contributed by atoms with Gasteiger partial charge in [-0.15, -0.1) is 0 Å². The van der Waals surface area contributed by atoms with Crippen molar-refractivity contribution in [1.29, 1.82) is 0 Å². The number of rotatable bonds is 1. The van der Waals surface area contributed by atoms with Crippen LogP contribution in [0, 0.1) is 12.7 Å². The minimum absolute atomic E-state index is 0.0142. The SMILES string of the molecule is Cc1ccc2c(c1)CN(C1CCC1)Cc1cc(O)cc(F)c1-2. The van der Waals surface area contributed by atoms with Crippen LogP contribution in [0.2, 0.25) is 0 Å². The first-order chi connectivity index (χ1) is 10.6. The Kier molecular flexibility index (Phi) is 3.19. The molecular formula is C19H20FNO. The maximum absolute atomic E-state index is 14.5. The lowest BCUT2D eigenvalue weighted by Gasteiger charge is -2.37. The van der Waals surface area contributed by atoms with Crippen molar-refractivity contribution in [2.45, 2.75) is 45.3 Å². The van der Waals surface area contributed by atoms with E-state index in [-0.39, 0.29) is 11.6 Å². The molecule has 1 saturated carbocycles. The van der Waals surface area contributed by atoms with Gasteiger partial charge in [0.05, 0.1) is 0 Å². The second kappa shape index (κ2) is 5.10. The van der Waals surface area contributed by atoms with Crippen LogP contribution < -0.4 is 0 Å². The Morgan fingerprint density at radius 2 is 1.86 bits per heavy atom. The van der Waals surface area contributed by atoms with Crippen molar-refractivity contribution in [3.05, 3.63) is 52.8 Å². The highest BCUT2D eigenvalue weighted by atomic mass is 19.1. The van der Waals surface area contributed by atoms with E-state index >= 15 is 0 Å². The number of fused-ring (bicyclic) bond motifs is 3. The molecule has 0 unspecified atom stereocenters. The van der Waals surface area contributed by atoms with Gasteiger partial charge in [0, 0.05) is 30.8 Å². The van der Waals surface area contributed by atoms with Crippen molar-refractivity contribution in [2.75, 3.05) is 0 Å². The van der Waals surface area contributed by atoms with Crippen LogP contribution in [0.25, 0.3) is 11.1 Å². The van der Waals surface area contributed by atoms with Crippen LogP contribution >= 0.6 is 0 Å². The Labute approximate surface area is 130 Å². The minimum Gasteiger partial charge on any atom is -0.508 e. The lowest BCUT2D eigenvalue weighted by Crippen LogP contribution is -2.38. The summed E-state index contributed by atoms with van der Waals surface area (Å²) in [7, 11) is 0. The third-order valence-corrected chi connectivity index (χ3v) is 5.02. The van der Waals surface area contributed by atoms with E-state index < -0.39 is 0 Å². The maximum Gasteiger partial charge on any atom is 0.135 e. The first kappa shape index (κ1) is 13.8. The van der Waals surface area contributed by atoms with Crippen LogP contribution in [0.3, 0.4) is 0 Å². The molecule has 1 aliphatic carbocycles. The van der Waals surface area contributed by atoms with E-state index in [1.807, 2.05) is 12.1 Å². The fraction of sp³-hybridized carbons (Fsp3) is 0.368. The van der Waals surface area contributed by atoms with Gasteiger partial charge in [-0.1, -0.05) is 30.2 Å². The van der Waals surface area contributed by atoms with Gasteiger partial charge in [0.2, 0.25) is 0 Å². The summed E-state index contributed by atoms with van der Waals surface area (Å²) in [5, 5.41) is 9.79. The van der Waals surface area contributed by atoms with Gasteiger partial charge in [-0.2, -0.15) is 0 Å². The molecule has 0 saturated heterocycles.